The summed E-state index contributed by atoms with van der Waals surface area (Å²) in [4.78, 5) is 9.92. The van der Waals surface area contributed by atoms with E-state index in [1.54, 1.807) is 4.31 Å². The molecule has 2 N–H and O–H groups in total. The van der Waals surface area contributed by atoms with Crippen LogP contribution in [0.3, 0.4) is 0 Å². The van der Waals surface area contributed by atoms with Crippen molar-refractivity contribution in [3.8, 4) is 0 Å². The number of hydrogen-bond acceptors (Lipinski definition) is 2. The largest absolute Gasteiger partial charge is 0.329 e. The zero-order chi connectivity index (χ0) is 17.8. The van der Waals surface area contributed by atoms with Gasteiger partial charge < -0.3 is 5.32 Å². The van der Waals surface area contributed by atoms with Gasteiger partial charge in [-0.2, -0.15) is 0 Å². The molecule has 2 aliphatic rings. The van der Waals surface area contributed by atoms with Crippen LogP contribution < -0.4 is 10.0 Å². The summed E-state index contributed by atoms with van der Waals surface area (Å²) in [6.45, 7) is 1.83. The first-order valence-corrected chi connectivity index (χ1v) is 9.55. The van der Waals surface area contributed by atoms with Crippen LogP contribution in [0, 0.1) is 5.82 Å². The number of amides is 1. The summed E-state index contributed by atoms with van der Waals surface area (Å²) >= 11 is 4.52. The summed E-state index contributed by atoms with van der Waals surface area (Å²) in [5.74, 6) is -0.497. The Bertz CT molecular complexity index is 522. The summed E-state index contributed by atoms with van der Waals surface area (Å²) in [6, 6.07) is 3.95. The third kappa shape index (κ3) is 8.73. The Morgan fingerprint density at radius 3 is 2.29 bits per heavy atom. The van der Waals surface area contributed by atoms with Gasteiger partial charge in [0.15, 0.2) is 11.2 Å². The zero-order valence-corrected chi connectivity index (χ0v) is 15.5. The predicted molar refractivity (Wildman–Crippen MR) is 97.6 cm³/mol. The van der Waals surface area contributed by atoms with E-state index in [-0.39, 0.29) is 5.02 Å². The summed E-state index contributed by atoms with van der Waals surface area (Å²) in [6.07, 6.45) is 9.10. The van der Waals surface area contributed by atoms with E-state index < -0.39 is 17.0 Å². The second-order valence-electron chi connectivity index (χ2n) is 5.51. The third-order valence-electron chi connectivity index (χ3n) is 3.55. The Balaban J connectivity index is 0.000000193. The highest BCUT2D eigenvalue weighted by molar-refractivity contribution is 7.80. The molecule has 1 aliphatic carbocycles. The highest BCUT2D eigenvalue weighted by Crippen LogP contribution is 2.18. The lowest BCUT2D eigenvalue weighted by molar-refractivity contribution is -0.105. The molecule has 0 radical (unpaired) electrons. The Labute approximate surface area is 150 Å². The summed E-state index contributed by atoms with van der Waals surface area (Å²) < 4.78 is 27.8. The van der Waals surface area contributed by atoms with Gasteiger partial charge in [0.05, 0.1) is 5.02 Å². The fourth-order valence-electron chi connectivity index (χ4n) is 2.19. The number of rotatable bonds is 2. The molecule has 2 fully saturated rings. The normalized spacial score (nSPS) is 20.2. The number of carbonyl (C=O) groups is 1. The monoisotopic (exact) mass is 377 g/mol. The molecule has 24 heavy (non-hydrogen) atoms. The van der Waals surface area contributed by atoms with Gasteiger partial charge in [0.2, 0.25) is 6.41 Å². The number of nitrogens with zero attached hydrogens (tertiary/aromatic N) is 1. The van der Waals surface area contributed by atoms with Crippen LogP contribution in [0.1, 0.15) is 38.5 Å². The first-order valence-electron chi connectivity index (χ1n) is 8.06. The maximum atomic E-state index is 12.5. The van der Waals surface area contributed by atoms with Crippen molar-refractivity contribution < 1.29 is 13.4 Å². The van der Waals surface area contributed by atoms with Gasteiger partial charge in [-0.3, -0.25) is 4.79 Å². The molecule has 8 heteroatoms. The highest BCUT2D eigenvalue weighted by Gasteiger charge is 2.10. The molecule has 1 saturated carbocycles. The van der Waals surface area contributed by atoms with Crippen LogP contribution in [0.2, 0.25) is 5.02 Å². The lowest BCUT2D eigenvalue weighted by atomic mass is 10.3. The fraction of sp³-hybridized carbons (Fsp3) is 0.562. The molecule has 5 nitrogen and oxygen atoms in total. The highest BCUT2D eigenvalue weighted by atomic mass is 35.5. The van der Waals surface area contributed by atoms with Crippen molar-refractivity contribution in [2.75, 3.05) is 25.5 Å². The molecule has 1 aromatic rings. The smallest absolute Gasteiger partial charge is 0.211 e. The summed E-state index contributed by atoms with van der Waals surface area (Å²) in [5.41, 5.74) is 0.478. The van der Waals surface area contributed by atoms with Gasteiger partial charge in [0.25, 0.3) is 0 Å². The molecular formula is C16H25ClFN3O2S. The van der Waals surface area contributed by atoms with Crippen molar-refractivity contribution in [1.82, 2.24) is 9.03 Å². The van der Waals surface area contributed by atoms with E-state index in [1.165, 1.54) is 50.3 Å². The Kier molecular flexibility index (Phi) is 10.8. The molecule has 3 rings (SSSR count). The lowest BCUT2D eigenvalue weighted by Gasteiger charge is -2.20. The van der Waals surface area contributed by atoms with Crippen LogP contribution in [0.5, 0.6) is 0 Å². The minimum Gasteiger partial charge on any atom is -0.329 e. The Morgan fingerprint density at radius 1 is 1.25 bits per heavy atom. The van der Waals surface area contributed by atoms with E-state index >= 15 is 0 Å². The summed E-state index contributed by atoms with van der Waals surface area (Å²) in [7, 11) is 1.85. The van der Waals surface area contributed by atoms with E-state index in [0.29, 0.717) is 12.1 Å². The number of halogens is 2. The van der Waals surface area contributed by atoms with Crippen molar-refractivity contribution in [1.29, 1.82) is 0 Å². The number of hydrogen-bond donors (Lipinski definition) is 2. The SMILES string of the molecule is C1CCCC1.CN1CCCNS1=O.O=CNc1ccc(F)c(Cl)c1. The molecule has 0 spiro atoms. The van der Waals surface area contributed by atoms with Gasteiger partial charge in [-0.15, -0.1) is 0 Å². The molecule has 0 aromatic heterocycles. The van der Waals surface area contributed by atoms with E-state index in [0.717, 1.165) is 19.5 Å². The maximum Gasteiger partial charge on any atom is 0.211 e. The van der Waals surface area contributed by atoms with Crippen molar-refractivity contribution in [3.05, 3.63) is 29.0 Å². The Morgan fingerprint density at radius 2 is 1.88 bits per heavy atom. The van der Waals surface area contributed by atoms with Gasteiger partial charge in [-0.1, -0.05) is 43.7 Å². The van der Waals surface area contributed by atoms with Crippen molar-refractivity contribution >= 4 is 34.9 Å². The zero-order valence-electron chi connectivity index (χ0n) is 13.9. The average Bonchev–Trinajstić information content (AvgIpc) is 3.15. The molecule has 1 unspecified atom stereocenters. The second-order valence-corrected chi connectivity index (χ2v) is 7.32. The van der Waals surface area contributed by atoms with E-state index in [2.05, 4.69) is 10.0 Å². The number of anilines is 1. The van der Waals surface area contributed by atoms with Gasteiger partial charge in [-0.05, 0) is 24.6 Å². The first-order chi connectivity index (χ1) is 11.5. The molecule has 1 heterocycles. The predicted octanol–water partition coefficient (Wildman–Crippen LogP) is 3.49. The molecule has 136 valence electrons. The topological polar surface area (TPSA) is 61.4 Å². The lowest BCUT2D eigenvalue weighted by Crippen LogP contribution is -2.39. The average molecular weight is 378 g/mol. The van der Waals surface area contributed by atoms with Crippen molar-refractivity contribution in [2.24, 2.45) is 0 Å². The van der Waals surface area contributed by atoms with Crippen LogP contribution in [0.15, 0.2) is 18.2 Å². The quantitative estimate of drug-likeness (QED) is 0.775. The van der Waals surface area contributed by atoms with E-state index in [1.807, 2.05) is 7.05 Å². The number of carbonyl (C=O) groups excluding carboxylic acids is 1. The Hall–Kier alpha value is -1.02. The minimum atomic E-state index is -0.902. The van der Waals surface area contributed by atoms with Gasteiger partial charge in [0, 0.05) is 25.8 Å². The van der Waals surface area contributed by atoms with Crippen LogP contribution in [0.25, 0.3) is 0 Å². The maximum absolute atomic E-state index is 12.5. The first kappa shape index (κ1) is 21.0. The van der Waals surface area contributed by atoms with Crippen LogP contribution in [-0.2, 0) is 16.0 Å². The van der Waals surface area contributed by atoms with Crippen molar-refractivity contribution in [2.45, 2.75) is 38.5 Å². The van der Waals surface area contributed by atoms with Gasteiger partial charge in [-0.25, -0.2) is 17.6 Å². The van der Waals surface area contributed by atoms with Crippen molar-refractivity contribution in [3.63, 3.8) is 0 Å². The molecule has 1 atom stereocenters. The van der Waals surface area contributed by atoms with Gasteiger partial charge in [0.1, 0.15) is 5.82 Å². The van der Waals surface area contributed by atoms with Gasteiger partial charge >= 0.3 is 0 Å². The molecule has 0 bridgehead atoms. The summed E-state index contributed by atoms with van der Waals surface area (Å²) in [5, 5.41) is 2.34. The van der Waals surface area contributed by atoms with E-state index in [9.17, 15) is 13.4 Å². The molecular weight excluding hydrogens is 353 g/mol. The molecule has 1 amide bonds. The van der Waals surface area contributed by atoms with E-state index in [4.69, 9.17) is 11.6 Å². The minimum absolute atomic E-state index is 0.00292. The second kappa shape index (κ2) is 12.4. The fourth-order valence-corrected chi connectivity index (χ4v) is 3.21. The standard InChI is InChI=1S/C7H5ClFNO.C5H10.C4H10N2OS/c8-6-3-5(10-4-11)1-2-7(6)9;1-2-4-5-3-1;1-6-4-2-3-5-8(6)7/h1-4H,(H,10,11);1-5H2;5H,2-4H2,1H3. The number of nitrogens with one attached hydrogen (secondary N) is 2. The van der Waals surface area contributed by atoms with Crippen LogP contribution in [-0.4, -0.2) is 35.1 Å². The van der Waals surface area contributed by atoms with Crippen LogP contribution >= 0.6 is 11.6 Å². The third-order valence-corrected chi connectivity index (χ3v) is 5.04. The molecule has 1 aliphatic heterocycles. The number of benzene rings is 1. The van der Waals surface area contributed by atoms with Crippen LogP contribution in [0.4, 0.5) is 10.1 Å². The molecule has 1 aromatic carbocycles. The molecule has 1 saturated heterocycles.